The van der Waals surface area contributed by atoms with Crippen LogP contribution in [0.15, 0.2) is 23.1 Å². The monoisotopic (exact) mass is 341 g/mol. The van der Waals surface area contributed by atoms with Crippen molar-refractivity contribution in [3.63, 3.8) is 0 Å². The number of aliphatic hydroxyl groups excluding tert-OH is 1. The largest absolute Gasteiger partial charge is 0.393 e. The summed E-state index contributed by atoms with van der Waals surface area (Å²) < 4.78 is 23.1. The normalized spacial score (nSPS) is 13.9. The minimum Gasteiger partial charge on any atom is -0.393 e. The highest BCUT2D eigenvalue weighted by Crippen LogP contribution is 2.17. The van der Waals surface area contributed by atoms with Crippen LogP contribution in [0.5, 0.6) is 0 Å². The number of aliphatic hydroxyl groups is 1. The summed E-state index contributed by atoms with van der Waals surface area (Å²) in [6.45, 7) is 1.65. The Labute approximate surface area is 103 Å². The first-order valence-corrected chi connectivity index (χ1v) is 6.92. The van der Waals surface area contributed by atoms with Gasteiger partial charge in [-0.15, -0.1) is 0 Å². The van der Waals surface area contributed by atoms with Crippen molar-refractivity contribution in [2.75, 3.05) is 0 Å². The first kappa shape index (κ1) is 12.9. The number of sulfonamides is 1. The first-order valence-electron chi connectivity index (χ1n) is 4.29. The Hall–Kier alpha value is -0.180. The molecule has 0 aliphatic carbocycles. The molecule has 1 atom stereocenters. The molecular formula is C9H12INO3S. The zero-order valence-corrected chi connectivity index (χ0v) is 11.1. The van der Waals surface area contributed by atoms with E-state index in [0.29, 0.717) is 6.42 Å². The summed E-state index contributed by atoms with van der Waals surface area (Å²) in [4.78, 5) is 0.0880. The number of halogens is 1. The SMILES string of the molecule is CC(O)Cc1cc(I)cc(S(N)(=O)=O)c1. The van der Waals surface area contributed by atoms with Crippen LogP contribution in [-0.4, -0.2) is 19.6 Å². The lowest BCUT2D eigenvalue weighted by Crippen LogP contribution is -2.13. The molecule has 15 heavy (non-hydrogen) atoms. The fourth-order valence-corrected chi connectivity index (χ4v) is 2.80. The van der Waals surface area contributed by atoms with E-state index in [4.69, 9.17) is 5.14 Å². The van der Waals surface area contributed by atoms with E-state index < -0.39 is 16.1 Å². The molecule has 0 fully saturated rings. The molecule has 1 aromatic carbocycles. The molecule has 0 bridgehead atoms. The maximum absolute atomic E-state index is 11.1. The summed E-state index contributed by atoms with van der Waals surface area (Å²) in [6, 6.07) is 4.81. The molecule has 0 saturated heterocycles. The Kier molecular flexibility index (Phi) is 4.10. The molecule has 1 rings (SSSR count). The summed E-state index contributed by atoms with van der Waals surface area (Å²) in [5.41, 5.74) is 0.765. The van der Waals surface area contributed by atoms with Gasteiger partial charge in [0.25, 0.3) is 0 Å². The van der Waals surface area contributed by atoms with Gasteiger partial charge in [0.05, 0.1) is 11.0 Å². The van der Waals surface area contributed by atoms with E-state index in [1.165, 1.54) is 12.1 Å². The van der Waals surface area contributed by atoms with Crippen LogP contribution in [0.25, 0.3) is 0 Å². The summed E-state index contributed by atoms with van der Waals surface area (Å²) in [6.07, 6.45) is -0.0872. The second-order valence-corrected chi connectivity index (χ2v) is 6.20. The standard InChI is InChI=1S/C9H12INO3S/c1-6(12)2-7-3-8(10)5-9(4-7)15(11,13)14/h3-6,12H,2H2,1H3,(H2,11,13,14). The first-order chi connectivity index (χ1) is 6.79. The summed E-state index contributed by atoms with van der Waals surface area (Å²) in [5.74, 6) is 0. The van der Waals surface area contributed by atoms with Crippen LogP contribution in [0, 0.1) is 3.57 Å². The van der Waals surface area contributed by atoms with Gasteiger partial charge in [-0.05, 0) is 59.7 Å². The van der Waals surface area contributed by atoms with Crippen molar-refractivity contribution in [1.82, 2.24) is 0 Å². The average molecular weight is 341 g/mol. The second-order valence-electron chi connectivity index (χ2n) is 3.39. The number of rotatable bonds is 3. The van der Waals surface area contributed by atoms with E-state index in [2.05, 4.69) is 0 Å². The molecule has 84 valence electrons. The van der Waals surface area contributed by atoms with Gasteiger partial charge in [-0.3, -0.25) is 0 Å². The lowest BCUT2D eigenvalue weighted by atomic mass is 10.1. The van der Waals surface area contributed by atoms with E-state index in [-0.39, 0.29) is 4.90 Å². The van der Waals surface area contributed by atoms with Crippen LogP contribution in [0.1, 0.15) is 12.5 Å². The Balaban J connectivity index is 3.17. The third-order valence-corrected chi connectivity index (χ3v) is 3.31. The van der Waals surface area contributed by atoms with E-state index in [1.807, 2.05) is 28.7 Å². The quantitative estimate of drug-likeness (QED) is 0.801. The molecule has 0 heterocycles. The van der Waals surface area contributed by atoms with E-state index in [1.54, 1.807) is 6.92 Å². The van der Waals surface area contributed by atoms with Crippen LogP contribution in [0.3, 0.4) is 0 Å². The topological polar surface area (TPSA) is 80.4 Å². The molecule has 0 aliphatic rings. The highest BCUT2D eigenvalue weighted by atomic mass is 127. The third kappa shape index (κ3) is 4.06. The Morgan fingerprint density at radius 3 is 2.53 bits per heavy atom. The van der Waals surface area contributed by atoms with Gasteiger partial charge in [0.1, 0.15) is 0 Å². The molecule has 1 unspecified atom stereocenters. The minimum atomic E-state index is -3.67. The van der Waals surface area contributed by atoms with Crippen molar-refractivity contribution in [3.05, 3.63) is 27.3 Å². The maximum atomic E-state index is 11.1. The fraction of sp³-hybridized carbons (Fsp3) is 0.333. The van der Waals surface area contributed by atoms with E-state index in [9.17, 15) is 13.5 Å². The lowest BCUT2D eigenvalue weighted by molar-refractivity contribution is 0.195. The average Bonchev–Trinajstić information content (AvgIpc) is 1.99. The van der Waals surface area contributed by atoms with Crippen LogP contribution in [0.4, 0.5) is 0 Å². The molecule has 0 amide bonds. The Morgan fingerprint density at radius 2 is 2.07 bits per heavy atom. The minimum absolute atomic E-state index is 0.0880. The highest BCUT2D eigenvalue weighted by Gasteiger charge is 2.10. The maximum Gasteiger partial charge on any atom is 0.238 e. The number of hydrogen-bond donors (Lipinski definition) is 2. The second kappa shape index (κ2) is 4.77. The predicted molar refractivity (Wildman–Crippen MR) is 65.9 cm³/mol. The van der Waals surface area contributed by atoms with Gasteiger partial charge >= 0.3 is 0 Å². The van der Waals surface area contributed by atoms with Crippen LogP contribution in [0.2, 0.25) is 0 Å². The van der Waals surface area contributed by atoms with Gasteiger partial charge in [-0.1, -0.05) is 0 Å². The highest BCUT2D eigenvalue weighted by molar-refractivity contribution is 14.1. The van der Waals surface area contributed by atoms with E-state index >= 15 is 0 Å². The van der Waals surface area contributed by atoms with Crippen LogP contribution >= 0.6 is 22.6 Å². The zero-order chi connectivity index (χ0) is 11.6. The van der Waals surface area contributed by atoms with Gasteiger partial charge < -0.3 is 5.11 Å². The fourth-order valence-electron chi connectivity index (χ4n) is 1.24. The molecule has 1 aromatic rings. The van der Waals surface area contributed by atoms with Crippen molar-refractivity contribution < 1.29 is 13.5 Å². The van der Waals surface area contributed by atoms with Crippen LogP contribution in [-0.2, 0) is 16.4 Å². The van der Waals surface area contributed by atoms with Crippen molar-refractivity contribution in [2.24, 2.45) is 5.14 Å². The van der Waals surface area contributed by atoms with Gasteiger partial charge in [0.2, 0.25) is 10.0 Å². The lowest BCUT2D eigenvalue weighted by Gasteiger charge is -2.07. The molecule has 4 nitrogen and oxygen atoms in total. The van der Waals surface area contributed by atoms with Crippen molar-refractivity contribution >= 4 is 32.6 Å². The number of hydrogen-bond acceptors (Lipinski definition) is 3. The molecular weight excluding hydrogens is 329 g/mol. The smallest absolute Gasteiger partial charge is 0.238 e. The zero-order valence-electron chi connectivity index (χ0n) is 8.14. The van der Waals surface area contributed by atoms with Crippen molar-refractivity contribution in [2.45, 2.75) is 24.3 Å². The van der Waals surface area contributed by atoms with E-state index in [0.717, 1.165) is 9.13 Å². The summed E-state index contributed by atoms with van der Waals surface area (Å²) in [7, 11) is -3.67. The number of nitrogens with two attached hydrogens (primary N) is 1. The molecule has 0 spiro atoms. The molecule has 6 heteroatoms. The Bertz CT molecular complexity index is 456. The Morgan fingerprint density at radius 1 is 1.47 bits per heavy atom. The molecule has 0 radical (unpaired) electrons. The van der Waals surface area contributed by atoms with Crippen molar-refractivity contribution in [1.29, 1.82) is 0 Å². The summed E-state index contributed by atoms with van der Waals surface area (Å²) >= 11 is 2.02. The third-order valence-electron chi connectivity index (χ3n) is 1.79. The van der Waals surface area contributed by atoms with Crippen molar-refractivity contribution in [3.8, 4) is 0 Å². The molecule has 0 saturated carbocycles. The van der Waals surface area contributed by atoms with Gasteiger partial charge in [-0.25, -0.2) is 13.6 Å². The number of primary sulfonamides is 1. The number of benzene rings is 1. The molecule has 0 aliphatic heterocycles. The van der Waals surface area contributed by atoms with Gasteiger partial charge in [0, 0.05) is 3.57 Å². The van der Waals surface area contributed by atoms with Gasteiger partial charge in [-0.2, -0.15) is 0 Å². The summed E-state index contributed by atoms with van der Waals surface area (Å²) in [5, 5.41) is 14.2. The van der Waals surface area contributed by atoms with Gasteiger partial charge in [0.15, 0.2) is 0 Å². The van der Waals surface area contributed by atoms with Crippen LogP contribution < -0.4 is 5.14 Å². The molecule has 3 N–H and O–H groups in total. The molecule has 0 aromatic heterocycles. The predicted octanol–water partition coefficient (Wildman–Crippen LogP) is 0.862.